The molecule has 0 aliphatic heterocycles. The molecule has 2 aliphatic carbocycles. The number of nitrogens with zero attached hydrogens (tertiary/aromatic N) is 3. The molecule has 0 N–H and O–H groups in total. The van der Waals surface area contributed by atoms with Gasteiger partial charge < -0.3 is 4.42 Å². The van der Waals surface area contributed by atoms with Crippen LogP contribution in [0.5, 0.6) is 0 Å². The van der Waals surface area contributed by atoms with Crippen LogP contribution in [0.2, 0.25) is 0 Å². The van der Waals surface area contributed by atoms with Gasteiger partial charge >= 0.3 is 0 Å². The second-order valence-corrected chi connectivity index (χ2v) is 17.8. The van der Waals surface area contributed by atoms with E-state index in [1.807, 2.05) is 24.4 Å². The van der Waals surface area contributed by atoms with Crippen molar-refractivity contribution in [2.24, 2.45) is 0 Å². The van der Waals surface area contributed by atoms with Crippen LogP contribution in [-0.2, 0) is 10.8 Å². The van der Waals surface area contributed by atoms with Crippen molar-refractivity contribution in [3.63, 3.8) is 0 Å². The number of pyridine rings is 1. The molecule has 13 rings (SSSR count). The van der Waals surface area contributed by atoms with Gasteiger partial charge in [-0.1, -0.05) is 196 Å². The average molecular weight is 832 g/mol. The summed E-state index contributed by atoms with van der Waals surface area (Å²) in [6, 6.07) is 74.1. The quantitative estimate of drug-likeness (QED) is 0.167. The fourth-order valence-corrected chi connectivity index (χ4v) is 11.2. The van der Waals surface area contributed by atoms with Gasteiger partial charge in [-0.15, -0.1) is 0 Å². The monoisotopic (exact) mass is 831 g/mol. The van der Waals surface area contributed by atoms with E-state index in [0.29, 0.717) is 11.5 Å². The molecule has 0 unspecified atom stereocenters. The second kappa shape index (κ2) is 14.2. The molecule has 8 aromatic carbocycles. The summed E-state index contributed by atoms with van der Waals surface area (Å²) in [5.74, 6) is 0.690. The standard InChI is InChI=1S/C61H41N3O/c1-60(2)48-28-16-15-26-46(48)53-54-50(61(42-22-11-5-12-23-42,43-24-13-6-14-25-43)49-34-33-44-45-27-17-35-62-59(45)65-57(44)55(49)54)36-47(56(53)60)38-29-31-41(32-30-38)58-63-51(39-18-7-3-8-19-39)37-52(64-58)40-20-9-4-10-21-40/h3-37H,1-2H3. The van der Waals surface area contributed by atoms with Crippen molar-refractivity contribution in [2.45, 2.75) is 24.7 Å². The fourth-order valence-electron chi connectivity index (χ4n) is 11.2. The van der Waals surface area contributed by atoms with Gasteiger partial charge in [0.05, 0.1) is 16.8 Å². The highest BCUT2D eigenvalue weighted by Crippen LogP contribution is 2.65. The van der Waals surface area contributed by atoms with Gasteiger partial charge in [-0.25, -0.2) is 15.0 Å². The van der Waals surface area contributed by atoms with Crippen LogP contribution < -0.4 is 0 Å². The molecule has 2 aliphatic rings. The molecule has 0 radical (unpaired) electrons. The number of rotatable bonds is 6. The van der Waals surface area contributed by atoms with Gasteiger partial charge in [-0.2, -0.15) is 0 Å². The van der Waals surface area contributed by atoms with Crippen molar-refractivity contribution >= 4 is 22.1 Å². The van der Waals surface area contributed by atoms with Gasteiger partial charge in [0.2, 0.25) is 5.71 Å². The summed E-state index contributed by atoms with van der Waals surface area (Å²) in [5, 5.41) is 2.09. The fraction of sp³-hybridized carbons (Fsp3) is 0.0656. The highest BCUT2D eigenvalue weighted by Gasteiger charge is 2.51. The lowest BCUT2D eigenvalue weighted by atomic mass is 9.66. The maximum absolute atomic E-state index is 6.94. The summed E-state index contributed by atoms with van der Waals surface area (Å²) in [7, 11) is 0. The van der Waals surface area contributed by atoms with Crippen LogP contribution in [0.25, 0.3) is 89.4 Å². The lowest BCUT2D eigenvalue weighted by Crippen LogP contribution is -2.29. The molecule has 306 valence electrons. The van der Waals surface area contributed by atoms with E-state index in [9.17, 15) is 0 Å². The first-order valence-corrected chi connectivity index (χ1v) is 22.3. The molecule has 65 heavy (non-hydrogen) atoms. The van der Waals surface area contributed by atoms with E-state index in [4.69, 9.17) is 19.4 Å². The molecule has 0 fully saturated rings. The van der Waals surface area contributed by atoms with E-state index >= 15 is 0 Å². The van der Waals surface area contributed by atoms with Crippen LogP contribution in [0, 0.1) is 0 Å². The molecular weight excluding hydrogens is 791 g/mol. The first kappa shape index (κ1) is 37.4. The molecule has 0 saturated carbocycles. The van der Waals surface area contributed by atoms with Crippen molar-refractivity contribution in [1.82, 2.24) is 15.0 Å². The molecule has 4 nitrogen and oxygen atoms in total. The van der Waals surface area contributed by atoms with Crippen molar-refractivity contribution in [3.8, 4) is 67.3 Å². The predicted octanol–water partition coefficient (Wildman–Crippen LogP) is 15.1. The minimum absolute atomic E-state index is 0.319. The lowest BCUT2D eigenvalue weighted by molar-refractivity contribution is 0.654. The Morgan fingerprint density at radius 2 is 1.00 bits per heavy atom. The topological polar surface area (TPSA) is 51.8 Å². The van der Waals surface area contributed by atoms with E-state index in [-0.39, 0.29) is 5.41 Å². The van der Waals surface area contributed by atoms with Crippen LogP contribution in [0.15, 0.2) is 217 Å². The van der Waals surface area contributed by atoms with Gasteiger partial charge in [0.25, 0.3) is 0 Å². The summed E-state index contributed by atoms with van der Waals surface area (Å²) in [6.45, 7) is 4.78. The zero-order valence-corrected chi connectivity index (χ0v) is 36.0. The van der Waals surface area contributed by atoms with Crippen LogP contribution in [0.1, 0.15) is 47.2 Å². The van der Waals surface area contributed by atoms with Crippen molar-refractivity contribution in [3.05, 3.63) is 246 Å². The summed E-state index contributed by atoms with van der Waals surface area (Å²) < 4.78 is 6.94. The van der Waals surface area contributed by atoms with Crippen molar-refractivity contribution in [2.75, 3.05) is 0 Å². The summed E-state index contributed by atoms with van der Waals surface area (Å²) >= 11 is 0. The van der Waals surface area contributed by atoms with Gasteiger partial charge in [0.15, 0.2) is 5.82 Å². The Bertz CT molecular complexity index is 3550. The normalized spacial score (nSPS) is 13.9. The number of hydrogen-bond donors (Lipinski definition) is 0. The maximum atomic E-state index is 6.94. The van der Waals surface area contributed by atoms with Crippen molar-refractivity contribution in [1.29, 1.82) is 0 Å². The van der Waals surface area contributed by atoms with Gasteiger partial charge in [-0.05, 0) is 85.5 Å². The summed E-state index contributed by atoms with van der Waals surface area (Å²) in [4.78, 5) is 15.1. The first-order chi connectivity index (χ1) is 32.0. The third-order valence-corrected chi connectivity index (χ3v) is 14.0. The average Bonchev–Trinajstić information content (AvgIpc) is 3.98. The Morgan fingerprint density at radius 3 is 1.65 bits per heavy atom. The first-order valence-electron chi connectivity index (χ1n) is 22.3. The van der Waals surface area contributed by atoms with E-state index in [2.05, 4.69) is 202 Å². The molecule has 11 aromatic rings. The molecular formula is C61H41N3O. The Labute approximate surface area is 377 Å². The molecule has 3 aromatic heterocycles. The molecule has 0 amide bonds. The third kappa shape index (κ3) is 5.41. The molecule has 0 bridgehead atoms. The largest absolute Gasteiger partial charge is 0.437 e. The Balaban J connectivity index is 1.11. The highest BCUT2D eigenvalue weighted by atomic mass is 16.3. The molecule has 4 heteroatoms. The minimum atomic E-state index is -0.668. The SMILES string of the molecule is CC1(C)c2ccccc2-c2c3c(cc(-c4ccc(-c5nc(-c6ccccc6)cc(-c6ccccc6)n5)cc4)c21)C(c1ccccc1)(c1ccccc1)c1ccc2c(oc4ncccc42)c1-3. The van der Waals surface area contributed by atoms with Gasteiger partial charge in [-0.3, -0.25) is 0 Å². The second-order valence-electron chi connectivity index (χ2n) is 17.8. The zero-order valence-electron chi connectivity index (χ0n) is 36.0. The Hall–Kier alpha value is -8.21. The van der Waals surface area contributed by atoms with Crippen molar-refractivity contribution < 1.29 is 4.42 Å². The van der Waals surface area contributed by atoms with Gasteiger partial charge in [0, 0.05) is 44.6 Å². The number of furan rings is 1. The molecule has 0 spiro atoms. The van der Waals surface area contributed by atoms with Crippen LogP contribution >= 0.6 is 0 Å². The van der Waals surface area contributed by atoms with E-state index in [1.165, 1.54) is 55.6 Å². The predicted molar refractivity (Wildman–Crippen MR) is 264 cm³/mol. The highest BCUT2D eigenvalue weighted by molar-refractivity contribution is 6.15. The number of aromatic nitrogens is 3. The zero-order chi connectivity index (χ0) is 43.3. The smallest absolute Gasteiger partial charge is 0.227 e. The van der Waals surface area contributed by atoms with Crippen LogP contribution in [-0.4, -0.2) is 15.0 Å². The lowest BCUT2D eigenvalue weighted by Gasteiger charge is -2.35. The minimum Gasteiger partial charge on any atom is -0.437 e. The Morgan fingerprint density at radius 1 is 0.415 bits per heavy atom. The molecule has 0 atom stereocenters. The maximum Gasteiger partial charge on any atom is 0.227 e. The third-order valence-electron chi connectivity index (χ3n) is 14.0. The molecule has 0 saturated heterocycles. The number of fused-ring (bicyclic) bond motifs is 11. The Kier molecular flexibility index (Phi) is 8.13. The number of benzene rings is 8. The summed E-state index contributed by atoms with van der Waals surface area (Å²) in [6.07, 6.45) is 1.82. The van der Waals surface area contributed by atoms with Crippen LogP contribution in [0.3, 0.4) is 0 Å². The van der Waals surface area contributed by atoms with Gasteiger partial charge in [0.1, 0.15) is 5.58 Å². The summed E-state index contributed by atoms with van der Waals surface area (Å²) in [5.41, 5.74) is 20.1. The molecule has 3 heterocycles. The van der Waals surface area contributed by atoms with E-state index < -0.39 is 5.41 Å². The van der Waals surface area contributed by atoms with Crippen LogP contribution in [0.4, 0.5) is 0 Å². The number of hydrogen-bond acceptors (Lipinski definition) is 4. The van der Waals surface area contributed by atoms with E-state index in [1.54, 1.807) is 0 Å². The van der Waals surface area contributed by atoms with E-state index in [0.717, 1.165) is 55.6 Å².